The molecule has 0 amide bonds. The number of fused-ring (bicyclic) bond motifs is 1. The van der Waals surface area contributed by atoms with E-state index in [0.717, 1.165) is 42.2 Å². The number of hydrogen-bond acceptors (Lipinski definition) is 4. The van der Waals surface area contributed by atoms with Gasteiger partial charge in [0.1, 0.15) is 0 Å². The lowest BCUT2D eigenvalue weighted by Crippen LogP contribution is -2.33. The number of nitrogens with zero attached hydrogens (tertiary/aromatic N) is 5. The first kappa shape index (κ1) is 15.5. The fourth-order valence-electron chi connectivity index (χ4n) is 3.42. The van der Waals surface area contributed by atoms with Gasteiger partial charge in [-0.05, 0) is 44.5 Å². The van der Waals surface area contributed by atoms with Gasteiger partial charge in [0.15, 0.2) is 5.65 Å². The monoisotopic (exact) mass is 341 g/mol. The van der Waals surface area contributed by atoms with Crippen LogP contribution in [-0.4, -0.2) is 31.0 Å². The second-order valence-corrected chi connectivity index (χ2v) is 6.83. The van der Waals surface area contributed by atoms with Gasteiger partial charge in [-0.15, -0.1) is 0 Å². The Balaban J connectivity index is 1.61. The third-order valence-electron chi connectivity index (χ3n) is 4.58. The molecule has 0 N–H and O–H groups in total. The maximum absolute atomic E-state index is 5.94. The van der Waals surface area contributed by atoms with Crippen LogP contribution in [-0.2, 0) is 6.54 Å². The molecule has 1 aliphatic rings. The van der Waals surface area contributed by atoms with Crippen LogP contribution in [0.3, 0.4) is 0 Å². The van der Waals surface area contributed by atoms with Crippen molar-refractivity contribution in [2.75, 3.05) is 6.54 Å². The highest BCUT2D eigenvalue weighted by Gasteiger charge is 2.25. The van der Waals surface area contributed by atoms with Gasteiger partial charge in [0.05, 0.1) is 28.1 Å². The zero-order valence-corrected chi connectivity index (χ0v) is 14.4. The summed E-state index contributed by atoms with van der Waals surface area (Å²) in [7, 11) is 0. The zero-order valence-electron chi connectivity index (χ0n) is 13.7. The van der Waals surface area contributed by atoms with Crippen LogP contribution >= 0.6 is 11.6 Å². The fourth-order valence-corrected chi connectivity index (χ4v) is 3.53. The van der Waals surface area contributed by atoms with Crippen molar-refractivity contribution in [1.29, 1.82) is 0 Å². The Labute approximate surface area is 146 Å². The minimum atomic E-state index is 0.330. The zero-order chi connectivity index (χ0) is 16.5. The van der Waals surface area contributed by atoms with E-state index in [1.807, 2.05) is 35.8 Å². The van der Waals surface area contributed by atoms with E-state index in [1.165, 1.54) is 12.8 Å². The first-order valence-corrected chi connectivity index (χ1v) is 8.74. The topological polar surface area (TPSA) is 46.3 Å². The van der Waals surface area contributed by atoms with Crippen molar-refractivity contribution in [1.82, 2.24) is 24.5 Å². The Morgan fingerprint density at radius 1 is 1.25 bits per heavy atom. The van der Waals surface area contributed by atoms with Crippen LogP contribution in [0.1, 0.15) is 42.4 Å². The van der Waals surface area contributed by atoms with Crippen molar-refractivity contribution in [3.8, 4) is 0 Å². The lowest BCUT2D eigenvalue weighted by Gasteiger charge is -2.35. The molecule has 0 saturated carbocycles. The molecule has 1 atom stereocenters. The van der Waals surface area contributed by atoms with E-state index in [0.29, 0.717) is 11.1 Å². The van der Waals surface area contributed by atoms with Crippen molar-refractivity contribution in [3.05, 3.63) is 58.8 Å². The Hall–Kier alpha value is -1.98. The molecule has 6 heteroatoms. The van der Waals surface area contributed by atoms with Gasteiger partial charge in [-0.1, -0.05) is 18.0 Å². The van der Waals surface area contributed by atoms with Crippen molar-refractivity contribution in [2.24, 2.45) is 0 Å². The molecule has 3 aromatic rings. The third kappa shape index (κ3) is 3.14. The second-order valence-electron chi connectivity index (χ2n) is 6.39. The molecular weight excluding hydrogens is 322 g/mol. The summed E-state index contributed by atoms with van der Waals surface area (Å²) in [5.74, 6) is 0. The van der Waals surface area contributed by atoms with E-state index in [1.54, 1.807) is 6.20 Å². The SMILES string of the molecule is Cc1cc2nc(C3CCCCN3Cc3ccc(Cl)cn3)ccn2n1. The second kappa shape index (κ2) is 6.49. The summed E-state index contributed by atoms with van der Waals surface area (Å²) in [5, 5.41) is 5.09. The number of aryl methyl sites for hydroxylation is 1. The molecule has 124 valence electrons. The van der Waals surface area contributed by atoms with Crippen molar-refractivity contribution in [3.63, 3.8) is 0 Å². The van der Waals surface area contributed by atoms with Crippen LogP contribution in [0.25, 0.3) is 5.65 Å². The van der Waals surface area contributed by atoms with Gasteiger partial charge in [-0.25, -0.2) is 9.50 Å². The maximum atomic E-state index is 5.94. The molecule has 3 aromatic heterocycles. The van der Waals surface area contributed by atoms with Crippen molar-refractivity contribution < 1.29 is 0 Å². The molecule has 5 nitrogen and oxygen atoms in total. The summed E-state index contributed by atoms with van der Waals surface area (Å²) in [6.45, 7) is 3.89. The molecule has 1 unspecified atom stereocenters. The van der Waals surface area contributed by atoms with Crippen LogP contribution < -0.4 is 0 Å². The van der Waals surface area contributed by atoms with E-state index >= 15 is 0 Å². The number of aromatic nitrogens is 4. The summed E-state index contributed by atoms with van der Waals surface area (Å²) in [6.07, 6.45) is 7.32. The van der Waals surface area contributed by atoms with E-state index < -0.39 is 0 Å². The highest BCUT2D eigenvalue weighted by molar-refractivity contribution is 6.30. The maximum Gasteiger partial charge on any atom is 0.155 e. The molecule has 1 fully saturated rings. The molecular formula is C18H20ClN5. The Kier molecular flexibility index (Phi) is 4.21. The van der Waals surface area contributed by atoms with Gasteiger partial charge < -0.3 is 0 Å². The summed E-state index contributed by atoms with van der Waals surface area (Å²) in [4.78, 5) is 11.8. The first-order chi connectivity index (χ1) is 11.7. The van der Waals surface area contributed by atoms with Crippen molar-refractivity contribution in [2.45, 2.75) is 38.8 Å². The smallest absolute Gasteiger partial charge is 0.155 e. The van der Waals surface area contributed by atoms with Gasteiger partial charge in [-0.2, -0.15) is 5.10 Å². The molecule has 0 spiro atoms. The number of pyridine rings is 1. The van der Waals surface area contributed by atoms with Crippen LogP contribution in [0.4, 0.5) is 0 Å². The Morgan fingerprint density at radius 3 is 3.00 bits per heavy atom. The number of likely N-dealkylation sites (tertiary alicyclic amines) is 1. The summed E-state index contributed by atoms with van der Waals surface area (Å²) in [5.41, 5.74) is 4.08. The molecule has 1 saturated heterocycles. The predicted molar refractivity (Wildman–Crippen MR) is 94.0 cm³/mol. The van der Waals surface area contributed by atoms with Crippen LogP contribution in [0.15, 0.2) is 36.7 Å². The largest absolute Gasteiger partial charge is 0.289 e. The number of rotatable bonds is 3. The van der Waals surface area contributed by atoms with Crippen LogP contribution in [0.5, 0.6) is 0 Å². The van der Waals surface area contributed by atoms with E-state index in [4.69, 9.17) is 16.6 Å². The molecule has 4 rings (SSSR count). The molecule has 0 aliphatic carbocycles. The first-order valence-electron chi connectivity index (χ1n) is 8.36. The predicted octanol–water partition coefficient (Wildman–Crippen LogP) is 3.81. The van der Waals surface area contributed by atoms with Crippen molar-refractivity contribution >= 4 is 17.2 Å². The molecule has 0 radical (unpaired) electrons. The molecule has 0 aromatic carbocycles. The van der Waals surface area contributed by atoms with Crippen LogP contribution in [0, 0.1) is 6.92 Å². The van der Waals surface area contributed by atoms with Gasteiger partial charge in [0, 0.05) is 25.0 Å². The summed E-state index contributed by atoms with van der Waals surface area (Å²) < 4.78 is 1.84. The number of piperidine rings is 1. The highest BCUT2D eigenvalue weighted by Crippen LogP contribution is 2.31. The third-order valence-corrected chi connectivity index (χ3v) is 4.80. The molecule has 1 aliphatic heterocycles. The van der Waals surface area contributed by atoms with Gasteiger partial charge >= 0.3 is 0 Å². The lowest BCUT2D eigenvalue weighted by atomic mass is 9.99. The van der Waals surface area contributed by atoms with Crippen LogP contribution in [0.2, 0.25) is 5.02 Å². The van der Waals surface area contributed by atoms with Gasteiger partial charge in [0.25, 0.3) is 0 Å². The number of hydrogen-bond donors (Lipinski definition) is 0. The van der Waals surface area contributed by atoms with E-state index in [2.05, 4.69) is 21.0 Å². The fraction of sp³-hybridized carbons (Fsp3) is 0.389. The minimum absolute atomic E-state index is 0.330. The molecule has 0 bridgehead atoms. The normalized spacial score (nSPS) is 19.0. The average molecular weight is 342 g/mol. The summed E-state index contributed by atoms with van der Waals surface area (Å²) >= 11 is 5.94. The Morgan fingerprint density at radius 2 is 2.17 bits per heavy atom. The quantitative estimate of drug-likeness (QED) is 0.726. The highest BCUT2D eigenvalue weighted by atomic mass is 35.5. The Bertz CT molecular complexity index is 842. The van der Waals surface area contributed by atoms with E-state index in [9.17, 15) is 0 Å². The standard InChI is InChI=1S/C18H20ClN5/c1-13-10-18-21-16(7-9-24(18)22-13)17-4-2-3-8-23(17)12-15-6-5-14(19)11-20-15/h5-7,9-11,17H,2-4,8,12H2,1H3. The number of halogens is 1. The minimum Gasteiger partial charge on any atom is -0.289 e. The summed E-state index contributed by atoms with van der Waals surface area (Å²) in [6, 6.07) is 8.36. The van der Waals surface area contributed by atoms with Gasteiger partial charge in [-0.3, -0.25) is 9.88 Å². The molecule has 4 heterocycles. The lowest BCUT2D eigenvalue weighted by molar-refractivity contribution is 0.135. The van der Waals surface area contributed by atoms with Gasteiger partial charge in [0.2, 0.25) is 0 Å². The average Bonchev–Trinajstić information content (AvgIpc) is 2.96. The molecule has 24 heavy (non-hydrogen) atoms. The van der Waals surface area contributed by atoms with E-state index in [-0.39, 0.29) is 0 Å².